The highest BCUT2D eigenvalue weighted by Gasteiger charge is 2.27. The van der Waals surface area contributed by atoms with Gasteiger partial charge in [-0.15, -0.1) is 0 Å². The second kappa shape index (κ2) is 6.43. The number of H-pyrrole nitrogens is 1. The minimum atomic E-state index is 0.0161. The van der Waals surface area contributed by atoms with E-state index >= 15 is 0 Å². The van der Waals surface area contributed by atoms with Crippen LogP contribution in [0.25, 0.3) is 0 Å². The minimum Gasteiger partial charge on any atom is -0.354 e. The molecule has 1 aliphatic rings. The highest BCUT2D eigenvalue weighted by Crippen LogP contribution is 2.23. The topological polar surface area (TPSA) is 65.2 Å². The van der Waals surface area contributed by atoms with Gasteiger partial charge in [0.1, 0.15) is 5.69 Å². The summed E-state index contributed by atoms with van der Waals surface area (Å²) in [4.78, 5) is 29.7. The Labute approximate surface area is 126 Å². The summed E-state index contributed by atoms with van der Waals surface area (Å²) in [6.45, 7) is 9.81. The van der Waals surface area contributed by atoms with Crippen molar-refractivity contribution in [2.75, 3.05) is 19.6 Å². The van der Waals surface area contributed by atoms with Crippen LogP contribution in [0, 0.1) is 6.92 Å². The first-order valence-corrected chi connectivity index (χ1v) is 7.70. The Morgan fingerprint density at radius 2 is 2.10 bits per heavy atom. The molecule has 1 amide bonds. The SMILES string of the molecule is CCCc1c(C(=O)N2CCNC(C)C2)[nH]c(C)c1C(C)=O. The van der Waals surface area contributed by atoms with Crippen molar-refractivity contribution in [2.45, 2.75) is 46.6 Å². The third kappa shape index (κ3) is 3.18. The van der Waals surface area contributed by atoms with E-state index in [0.29, 0.717) is 30.4 Å². The summed E-state index contributed by atoms with van der Waals surface area (Å²) < 4.78 is 0. The molecular weight excluding hydrogens is 266 g/mol. The third-order valence-corrected chi connectivity index (χ3v) is 4.01. The van der Waals surface area contributed by atoms with Crippen molar-refractivity contribution in [1.82, 2.24) is 15.2 Å². The maximum absolute atomic E-state index is 12.8. The summed E-state index contributed by atoms with van der Waals surface area (Å²) in [6.07, 6.45) is 1.66. The van der Waals surface area contributed by atoms with Gasteiger partial charge in [-0.2, -0.15) is 0 Å². The van der Waals surface area contributed by atoms with Crippen molar-refractivity contribution < 1.29 is 9.59 Å². The molecule has 0 aromatic carbocycles. The Balaban J connectivity index is 2.36. The van der Waals surface area contributed by atoms with Crippen molar-refractivity contribution in [3.05, 3.63) is 22.5 Å². The van der Waals surface area contributed by atoms with E-state index in [0.717, 1.165) is 30.6 Å². The Kier molecular flexibility index (Phi) is 4.83. The fourth-order valence-corrected chi connectivity index (χ4v) is 3.11. The molecule has 1 aliphatic heterocycles. The summed E-state index contributed by atoms with van der Waals surface area (Å²) in [6, 6.07) is 0.306. The first kappa shape index (κ1) is 15.8. The monoisotopic (exact) mass is 291 g/mol. The van der Waals surface area contributed by atoms with Crippen LogP contribution in [-0.2, 0) is 6.42 Å². The maximum atomic E-state index is 12.8. The first-order chi connectivity index (χ1) is 9.95. The van der Waals surface area contributed by atoms with Gasteiger partial charge in [-0.3, -0.25) is 9.59 Å². The molecule has 1 fully saturated rings. The standard InChI is InChI=1S/C16H25N3O2/c1-5-6-13-14(12(4)20)11(3)18-15(13)16(21)19-8-7-17-10(2)9-19/h10,17-18H,5-9H2,1-4H3. The fraction of sp³-hybridized carbons (Fsp3) is 0.625. The quantitative estimate of drug-likeness (QED) is 0.833. The number of hydrogen-bond donors (Lipinski definition) is 2. The van der Waals surface area contributed by atoms with E-state index < -0.39 is 0 Å². The molecule has 0 bridgehead atoms. The normalized spacial score (nSPS) is 18.9. The van der Waals surface area contributed by atoms with Crippen LogP contribution >= 0.6 is 0 Å². The fourth-order valence-electron chi connectivity index (χ4n) is 3.11. The molecule has 1 atom stereocenters. The summed E-state index contributed by atoms with van der Waals surface area (Å²) in [7, 11) is 0. The third-order valence-electron chi connectivity index (χ3n) is 4.01. The molecule has 0 aliphatic carbocycles. The molecule has 0 spiro atoms. The molecule has 2 rings (SSSR count). The minimum absolute atomic E-state index is 0.0161. The molecule has 2 N–H and O–H groups in total. The predicted molar refractivity (Wildman–Crippen MR) is 82.9 cm³/mol. The Hall–Kier alpha value is -1.62. The smallest absolute Gasteiger partial charge is 0.270 e. The number of rotatable bonds is 4. The van der Waals surface area contributed by atoms with Gasteiger partial charge in [0, 0.05) is 36.9 Å². The van der Waals surface area contributed by atoms with Gasteiger partial charge in [0.05, 0.1) is 0 Å². The molecule has 1 saturated heterocycles. The molecule has 1 aromatic rings. The molecule has 0 saturated carbocycles. The van der Waals surface area contributed by atoms with Gasteiger partial charge < -0.3 is 15.2 Å². The number of nitrogens with zero attached hydrogens (tertiary/aromatic N) is 1. The number of amides is 1. The van der Waals surface area contributed by atoms with Crippen LogP contribution in [-0.4, -0.2) is 47.3 Å². The molecule has 116 valence electrons. The molecule has 1 aromatic heterocycles. The zero-order valence-electron chi connectivity index (χ0n) is 13.4. The highest BCUT2D eigenvalue weighted by atomic mass is 16.2. The zero-order valence-corrected chi connectivity index (χ0v) is 13.4. The van der Waals surface area contributed by atoms with Gasteiger partial charge in [-0.05, 0) is 32.8 Å². The number of hydrogen-bond acceptors (Lipinski definition) is 3. The molecule has 21 heavy (non-hydrogen) atoms. The van der Waals surface area contributed by atoms with E-state index in [1.165, 1.54) is 0 Å². The zero-order chi connectivity index (χ0) is 15.6. The average molecular weight is 291 g/mol. The van der Waals surface area contributed by atoms with E-state index in [2.05, 4.69) is 24.1 Å². The number of nitrogens with one attached hydrogen (secondary N) is 2. The van der Waals surface area contributed by atoms with Crippen molar-refractivity contribution in [3.63, 3.8) is 0 Å². The van der Waals surface area contributed by atoms with Gasteiger partial charge in [-0.1, -0.05) is 13.3 Å². The van der Waals surface area contributed by atoms with Gasteiger partial charge >= 0.3 is 0 Å². The maximum Gasteiger partial charge on any atom is 0.270 e. The van der Waals surface area contributed by atoms with E-state index in [4.69, 9.17) is 0 Å². The number of aromatic nitrogens is 1. The Morgan fingerprint density at radius 1 is 1.38 bits per heavy atom. The predicted octanol–water partition coefficient (Wildman–Crippen LogP) is 1.91. The largest absolute Gasteiger partial charge is 0.354 e. The van der Waals surface area contributed by atoms with E-state index in [9.17, 15) is 9.59 Å². The second-order valence-electron chi connectivity index (χ2n) is 5.89. The van der Waals surface area contributed by atoms with Gasteiger partial charge in [0.2, 0.25) is 0 Å². The molecule has 5 nitrogen and oxygen atoms in total. The van der Waals surface area contributed by atoms with Gasteiger partial charge in [0.15, 0.2) is 5.78 Å². The van der Waals surface area contributed by atoms with Crippen molar-refractivity contribution in [1.29, 1.82) is 0 Å². The molecule has 5 heteroatoms. The molecular formula is C16H25N3O2. The molecule has 0 radical (unpaired) electrons. The summed E-state index contributed by atoms with van der Waals surface area (Å²) in [5.74, 6) is 0.0438. The lowest BCUT2D eigenvalue weighted by Crippen LogP contribution is -2.51. The number of aromatic amines is 1. The Morgan fingerprint density at radius 3 is 2.67 bits per heavy atom. The number of Topliss-reactive ketones (excluding diaryl/α,β-unsaturated/α-hetero) is 1. The number of aryl methyl sites for hydroxylation is 1. The molecule has 2 heterocycles. The highest BCUT2D eigenvalue weighted by molar-refractivity contribution is 6.02. The molecule has 1 unspecified atom stereocenters. The first-order valence-electron chi connectivity index (χ1n) is 7.70. The van der Waals surface area contributed by atoms with Crippen LogP contribution in [0.1, 0.15) is 59.3 Å². The van der Waals surface area contributed by atoms with E-state index in [-0.39, 0.29) is 11.7 Å². The van der Waals surface area contributed by atoms with Crippen LogP contribution in [0.4, 0.5) is 0 Å². The lowest BCUT2D eigenvalue weighted by Gasteiger charge is -2.31. The number of piperazine rings is 1. The van der Waals surface area contributed by atoms with Crippen LogP contribution in [0.15, 0.2) is 0 Å². The second-order valence-corrected chi connectivity index (χ2v) is 5.89. The summed E-state index contributed by atoms with van der Waals surface area (Å²) in [5, 5.41) is 3.33. The van der Waals surface area contributed by atoms with Crippen LogP contribution in [0.3, 0.4) is 0 Å². The van der Waals surface area contributed by atoms with Crippen LogP contribution < -0.4 is 5.32 Å². The van der Waals surface area contributed by atoms with Crippen molar-refractivity contribution in [2.24, 2.45) is 0 Å². The van der Waals surface area contributed by atoms with Gasteiger partial charge in [-0.25, -0.2) is 0 Å². The number of carbonyl (C=O) groups is 2. The van der Waals surface area contributed by atoms with Crippen molar-refractivity contribution in [3.8, 4) is 0 Å². The van der Waals surface area contributed by atoms with Gasteiger partial charge in [0.25, 0.3) is 5.91 Å². The number of ketones is 1. The van der Waals surface area contributed by atoms with Crippen LogP contribution in [0.5, 0.6) is 0 Å². The summed E-state index contributed by atoms with van der Waals surface area (Å²) >= 11 is 0. The van der Waals surface area contributed by atoms with Crippen molar-refractivity contribution >= 4 is 11.7 Å². The lowest BCUT2D eigenvalue weighted by molar-refractivity contribution is 0.0702. The van der Waals surface area contributed by atoms with E-state index in [1.807, 2.05) is 11.8 Å². The number of carbonyl (C=O) groups excluding carboxylic acids is 2. The average Bonchev–Trinajstić information content (AvgIpc) is 2.75. The summed E-state index contributed by atoms with van der Waals surface area (Å²) in [5.41, 5.74) is 2.99. The van der Waals surface area contributed by atoms with Crippen LogP contribution in [0.2, 0.25) is 0 Å². The van der Waals surface area contributed by atoms with E-state index in [1.54, 1.807) is 6.92 Å². The Bertz CT molecular complexity index is 548. The lowest BCUT2D eigenvalue weighted by atomic mass is 10.0.